The predicted octanol–water partition coefficient (Wildman–Crippen LogP) is 4.03. The summed E-state index contributed by atoms with van der Waals surface area (Å²) in [5.41, 5.74) is 1.08. The number of hydrogen-bond acceptors (Lipinski definition) is 7. The maximum atomic E-state index is 12.5. The minimum absolute atomic E-state index is 0.00842. The number of nitrogens with zero attached hydrogens (tertiary/aromatic N) is 1. The van der Waals surface area contributed by atoms with E-state index in [1.54, 1.807) is 31.2 Å². The van der Waals surface area contributed by atoms with Crippen LogP contribution in [0.25, 0.3) is 0 Å². The number of amides is 2. The fraction of sp³-hybridized carbons (Fsp3) is 0.273. The van der Waals surface area contributed by atoms with Gasteiger partial charge >= 0.3 is 17.7 Å². The Morgan fingerprint density at radius 3 is 2.61 bits per heavy atom. The Hall–Kier alpha value is -3.79. The van der Waals surface area contributed by atoms with Gasteiger partial charge in [-0.25, -0.2) is 9.59 Å². The molecular formula is C22H22ClN3O7. The fourth-order valence-electron chi connectivity index (χ4n) is 3.49. The molecule has 2 N–H and O–H groups in total. The van der Waals surface area contributed by atoms with Gasteiger partial charge in [-0.2, -0.15) is 0 Å². The van der Waals surface area contributed by atoms with Crippen LogP contribution in [-0.2, 0) is 16.1 Å². The van der Waals surface area contributed by atoms with Gasteiger partial charge in [-0.1, -0.05) is 30.7 Å². The zero-order valence-electron chi connectivity index (χ0n) is 18.1. The van der Waals surface area contributed by atoms with Gasteiger partial charge in [0.25, 0.3) is 0 Å². The molecule has 2 aromatic rings. The number of rotatable bonds is 8. The maximum Gasteiger partial charge on any atom is 0.337 e. The van der Waals surface area contributed by atoms with E-state index >= 15 is 0 Å². The molecule has 0 aliphatic carbocycles. The topological polar surface area (TPSA) is 129 Å². The van der Waals surface area contributed by atoms with Crippen molar-refractivity contribution in [3.63, 3.8) is 0 Å². The number of nitro benzene ring substituents is 1. The van der Waals surface area contributed by atoms with E-state index in [9.17, 15) is 19.7 Å². The number of nitro groups is 1. The molecule has 1 unspecified atom stereocenters. The first-order valence-electron chi connectivity index (χ1n) is 9.91. The highest BCUT2D eigenvalue weighted by atomic mass is 35.5. The third kappa shape index (κ3) is 5.17. The number of hydrogen-bond donors (Lipinski definition) is 2. The molecule has 0 saturated heterocycles. The van der Waals surface area contributed by atoms with E-state index in [1.165, 1.54) is 26.4 Å². The number of ether oxygens (including phenoxy) is 3. The summed E-state index contributed by atoms with van der Waals surface area (Å²) in [6.07, 6.45) is 0.342. The van der Waals surface area contributed by atoms with Gasteiger partial charge < -0.3 is 24.8 Å². The zero-order valence-corrected chi connectivity index (χ0v) is 18.9. The van der Waals surface area contributed by atoms with Gasteiger partial charge in [-0.15, -0.1) is 0 Å². The lowest BCUT2D eigenvalue weighted by molar-refractivity contribution is -0.386. The number of carbonyl (C=O) groups is 2. The third-order valence-corrected chi connectivity index (χ3v) is 5.23. The average Bonchev–Trinajstić information content (AvgIpc) is 2.80. The molecule has 33 heavy (non-hydrogen) atoms. The molecule has 0 aromatic heterocycles. The van der Waals surface area contributed by atoms with Gasteiger partial charge in [0.2, 0.25) is 5.75 Å². The van der Waals surface area contributed by atoms with Crippen molar-refractivity contribution in [2.24, 2.45) is 0 Å². The average molecular weight is 476 g/mol. The monoisotopic (exact) mass is 475 g/mol. The lowest BCUT2D eigenvalue weighted by Gasteiger charge is -2.29. The lowest BCUT2D eigenvalue weighted by Crippen LogP contribution is -2.45. The summed E-state index contributed by atoms with van der Waals surface area (Å²) < 4.78 is 16.0. The molecule has 0 saturated carbocycles. The van der Waals surface area contributed by atoms with E-state index in [-0.39, 0.29) is 34.9 Å². The summed E-state index contributed by atoms with van der Waals surface area (Å²) in [7, 11) is 2.55. The van der Waals surface area contributed by atoms with Crippen LogP contribution < -0.4 is 20.1 Å². The van der Waals surface area contributed by atoms with Crippen molar-refractivity contribution in [1.82, 2.24) is 10.6 Å². The Kier molecular flexibility index (Phi) is 7.39. The van der Waals surface area contributed by atoms with Crippen molar-refractivity contribution in [2.45, 2.75) is 26.0 Å². The summed E-state index contributed by atoms with van der Waals surface area (Å²) >= 11 is 5.99. The first-order chi connectivity index (χ1) is 15.8. The number of benzene rings is 2. The SMILES string of the molecule is CCC1=C(C(=O)OC)C(c2cc(OC)c(OCc3cccc(Cl)c3)c([N+](=O)[O-])c2)NC(=O)N1. The van der Waals surface area contributed by atoms with Crippen LogP contribution in [0.4, 0.5) is 10.5 Å². The van der Waals surface area contributed by atoms with Gasteiger partial charge in [0.15, 0.2) is 5.75 Å². The van der Waals surface area contributed by atoms with Crippen molar-refractivity contribution in [2.75, 3.05) is 14.2 Å². The Labute approximate surface area is 194 Å². The normalized spacial score (nSPS) is 15.4. The van der Waals surface area contributed by atoms with Gasteiger partial charge in [0.05, 0.1) is 30.8 Å². The lowest BCUT2D eigenvalue weighted by atomic mass is 9.93. The Bertz CT molecular complexity index is 1130. The van der Waals surface area contributed by atoms with Crippen LogP contribution in [-0.4, -0.2) is 31.1 Å². The van der Waals surface area contributed by atoms with Crippen LogP contribution in [0.3, 0.4) is 0 Å². The van der Waals surface area contributed by atoms with E-state index in [0.29, 0.717) is 22.7 Å². The summed E-state index contributed by atoms with van der Waals surface area (Å²) in [6.45, 7) is 1.77. The first kappa shape index (κ1) is 23.9. The minimum Gasteiger partial charge on any atom is -0.493 e. The number of carbonyl (C=O) groups excluding carboxylic acids is 2. The van der Waals surface area contributed by atoms with Gasteiger partial charge in [0, 0.05) is 16.8 Å². The molecule has 0 radical (unpaired) electrons. The second kappa shape index (κ2) is 10.2. The van der Waals surface area contributed by atoms with Gasteiger partial charge in [-0.05, 0) is 35.7 Å². The highest BCUT2D eigenvalue weighted by Gasteiger charge is 2.35. The molecular weight excluding hydrogens is 454 g/mol. The fourth-order valence-corrected chi connectivity index (χ4v) is 3.70. The molecule has 174 valence electrons. The van der Waals surface area contributed by atoms with Crippen molar-refractivity contribution in [3.8, 4) is 11.5 Å². The standard InChI is InChI=1S/C22H22ClN3O7/c1-4-15-18(21(27)32-3)19(25-22(28)24-15)13-9-16(26(29)30)20(17(10-13)31-2)33-11-12-6-5-7-14(23)8-12/h5-10,19H,4,11H2,1-3H3,(H2,24,25,28). The number of nitrogens with one attached hydrogen (secondary N) is 2. The molecule has 0 bridgehead atoms. The Morgan fingerprint density at radius 2 is 2.00 bits per heavy atom. The smallest absolute Gasteiger partial charge is 0.337 e. The first-order valence-corrected chi connectivity index (χ1v) is 10.3. The molecule has 11 heteroatoms. The predicted molar refractivity (Wildman–Crippen MR) is 119 cm³/mol. The molecule has 0 fully saturated rings. The molecule has 0 spiro atoms. The highest BCUT2D eigenvalue weighted by molar-refractivity contribution is 6.30. The molecule has 1 aliphatic heterocycles. The molecule has 1 heterocycles. The number of urea groups is 1. The summed E-state index contributed by atoms with van der Waals surface area (Å²) in [5.74, 6) is -0.700. The van der Waals surface area contributed by atoms with Crippen LogP contribution in [0.5, 0.6) is 11.5 Å². The minimum atomic E-state index is -0.990. The Morgan fingerprint density at radius 1 is 1.24 bits per heavy atom. The number of allylic oxidation sites excluding steroid dienone is 1. The quantitative estimate of drug-likeness (QED) is 0.335. The summed E-state index contributed by atoms with van der Waals surface area (Å²) in [6, 6.07) is 8.06. The van der Waals surface area contributed by atoms with E-state index in [2.05, 4.69) is 10.6 Å². The van der Waals surface area contributed by atoms with E-state index in [0.717, 1.165) is 0 Å². The third-order valence-electron chi connectivity index (χ3n) is 4.99. The number of methoxy groups -OCH3 is 2. The van der Waals surface area contributed by atoms with E-state index in [1.807, 2.05) is 0 Å². The second-order valence-electron chi connectivity index (χ2n) is 7.02. The van der Waals surface area contributed by atoms with Crippen LogP contribution in [0.2, 0.25) is 5.02 Å². The molecule has 1 aliphatic rings. The van der Waals surface area contributed by atoms with E-state index in [4.69, 9.17) is 25.8 Å². The zero-order chi connectivity index (χ0) is 24.1. The van der Waals surface area contributed by atoms with Gasteiger partial charge in [-0.3, -0.25) is 10.1 Å². The molecule has 3 rings (SSSR count). The van der Waals surface area contributed by atoms with Crippen molar-refractivity contribution < 1.29 is 28.7 Å². The molecule has 2 aromatic carbocycles. The largest absolute Gasteiger partial charge is 0.493 e. The van der Waals surface area contributed by atoms with Crippen LogP contribution in [0.15, 0.2) is 47.7 Å². The highest BCUT2D eigenvalue weighted by Crippen LogP contribution is 2.42. The molecule has 2 amide bonds. The van der Waals surface area contributed by atoms with Gasteiger partial charge in [0.1, 0.15) is 6.61 Å². The maximum absolute atomic E-state index is 12.5. The van der Waals surface area contributed by atoms with Crippen molar-refractivity contribution >= 4 is 29.3 Å². The number of esters is 1. The summed E-state index contributed by atoms with van der Waals surface area (Å²) in [4.78, 5) is 35.9. The van der Waals surface area contributed by atoms with Crippen molar-refractivity contribution in [1.29, 1.82) is 0 Å². The number of halogens is 1. The summed E-state index contributed by atoms with van der Waals surface area (Å²) in [5, 5.41) is 17.6. The van der Waals surface area contributed by atoms with E-state index < -0.39 is 23.0 Å². The van der Waals surface area contributed by atoms with Crippen LogP contribution >= 0.6 is 11.6 Å². The second-order valence-corrected chi connectivity index (χ2v) is 7.45. The molecule has 10 nitrogen and oxygen atoms in total. The Balaban J connectivity index is 2.08. The molecule has 1 atom stereocenters. The van der Waals surface area contributed by atoms with Crippen LogP contribution in [0, 0.1) is 10.1 Å². The van der Waals surface area contributed by atoms with Crippen LogP contribution in [0.1, 0.15) is 30.5 Å². The van der Waals surface area contributed by atoms with Crippen molar-refractivity contribution in [3.05, 3.63) is 73.9 Å².